The number of furan rings is 1. The van der Waals surface area contributed by atoms with Gasteiger partial charge in [-0.15, -0.1) is 0 Å². The van der Waals surface area contributed by atoms with Gasteiger partial charge in [0, 0.05) is 6.07 Å². The molecule has 19 heavy (non-hydrogen) atoms. The first-order valence-electron chi connectivity index (χ1n) is 5.38. The van der Waals surface area contributed by atoms with Crippen molar-refractivity contribution in [3.8, 4) is 11.5 Å². The minimum atomic E-state index is -0.548. The van der Waals surface area contributed by atoms with Crippen molar-refractivity contribution < 1.29 is 13.9 Å². The van der Waals surface area contributed by atoms with Crippen molar-refractivity contribution in [3.63, 3.8) is 0 Å². The van der Waals surface area contributed by atoms with Crippen LogP contribution >= 0.6 is 0 Å². The van der Waals surface area contributed by atoms with Crippen LogP contribution in [0.4, 0.5) is 5.82 Å². The summed E-state index contributed by atoms with van der Waals surface area (Å²) < 4.78 is 11.9. The van der Waals surface area contributed by atoms with E-state index in [-0.39, 0.29) is 5.82 Å². The van der Waals surface area contributed by atoms with Crippen molar-refractivity contribution in [3.05, 3.63) is 52.8 Å². The van der Waals surface area contributed by atoms with E-state index in [1.54, 1.807) is 22.8 Å². The molecule has 8 heteroatoms. The highest BCUT2D eigenvalue weighted by Crippen LogP contribution is 2.21. The van der Waals surface area contributed by atoms with E-state index >= 15 is 0 Å². The molecule has 0 radical (unpaired) electrons. The Bertz CT molecular complexity index is 698. The van der Waals surface area contributed by atoms with Gasteiger partial charge in [-0.1, -0.05) is 5.16 Å². The fourth-order valence-electron chi connectivity index (χ4n) is 1.64. The average molecular weight is 260 g/mol. The van der Waals surface area contributed by atoms with Gasteiger partial charge >= 0.3 is 5.82 Å². The lowest BCUT2D eigenvalue weighted by Crippen LogP contribution is -1.96. The van der Waals surface area contributed by atoms with Crippen molar-refractivity contribution in [1.29, 1.82) is 0 Å². The summed E-state index contributed by atoms with van der Waals surface area (Å²) in [5, 5.41) is 14.4. The molecule has 3 aromatic heterocycles. The van der Waals surface area contributed by atoms with Gasteiger partial charge < -0.3 is 23.6 Å². The van der Waals surface area contributed by atoms with Crippen LogP contribution < -0.4 is 0 Å². The predicted molar refractivity (Wildman–Crippen MR) is 62.2 cm³/mol. The number of imidazole rings is 1. The van der Waals surface area contributed by atoms with Gasteiger partial charge in [0.25, 0.3) is 0 Å². The molecule has 0 saturated carbocycles. The summed E-state index contributed by atoms with van der Waals surface area (Å²) in [6.45, 7) is 0.338. The summed E-state index contributed by atoms with van der Waals surface area (Å²) in [5.74, 6) is 0.889. The van der Waals surface area contributed by atoms with Crippen LogP contribution in [0.1, 0.15) is 5.69 Å². The van der Waals surface area contributed by atoms with Gasteiger partial charge in [0.2, 0.25) is 12.1 Å². The zero-order valence-corrected chi connectivity index (χ0v) is 9.59. The minimum Gasteiger partial charge on any atom is -0.461 e. The topological polar surface area (TPSA) is 100 Å². The monoisotopic (exact) mass is 260 g/mol. The number of hydrogen-bond donors (Lipinski definition) is 0. The Balaban J connectivity index is 1.78. The van der Waals surface area contributed by atoms with Crippen LogP contribution in [-0.2, 0) is 6.54 Å². The molecular weight excluding hydrogens is 252 g/mol. The number of nitrogens with zero attached hydrogens (tertiary/aromatic N) is 4. The quantitative estimate of drug-likeness (QED) is 0.526. The van der Waals surface area contributed by atoms with Gasteiger partial charge in [0.1, 0.15) is 11.9 Å². The molecule has 0 bridgehead atoms. The standard InChI is InChI=1S/C11H8N4O4/c16-15(17)11-6-14(7-12-11)5-8-4-10(19-13-8)9-2-1-3-18-9/h1-4,6-7H,5H2. The first-order valence-corrected chi connectivity index (χ1v) is 5.38. The largest absolute Gasteiger partial charge is 0.461 e. The predicted octanol–water partition coefficient (Wildman–Crippen LogP) is 2.09. The van der Waals surface area contributed by atoms with Gasteiger partial charge in [-0.3, -0.25) is 0 Å². The lowest BCUT2D eigenvalue weighted by molar-refractivity contribution is -0.389. The molecule has 0 aliphatic carbocycles. The third-order valence-electron chi connectivity index (χ3n) is 2.47. The van der Waals surface area contributed by atoms with Gasteiger partial charge in [-0.05, 0) is 22.0 Å². The van der Waals surface area contributed by atoms with Crippen molar-refractivity contribution in [2.45, 2.75) is 6.54 Å². The van der Waals surface area contributed by atoms with Crippen LogP contribution in [0.3, 0.4) is 0 Å². The van der Waals surface area contributed by atoms with E-state index in [0.29, 0.717) is 23.8 Å². The maximum atomic E-state index is 10.5. The maximum Gasteiger partial charge on any atom is 0.381 e. The van der Waals surface area contributed by atoms with E-state index in [9.17, 15) is 10.1 Å². The summed E-state index contributed by atoms with van der Waals surface area (Å²) in [6.07, 6.45) is 4.25. The second-order valence-corrected chi connectivity index (χ2v) is 3.82. The average Bonchev–Trinajstić information content (AvgIpc) is 3.09. The molecule has 3 heterocycles. The molecular formula is C11H8N4O4. The SMILES string of the molecule is O=[N+]([O-])c1cn(Cc2cc(-c3ccco3)on2)cn1. The Hall–Kier alpha value is -2.90. The lowest BCUT2D eigenvalue weighted by atomic mass is 10.3. The molecule has 0 aliphatic heterocycles. The van der Waals surface area contributed by atoms with E-state index in [2.05, 4.69) is 10.1 Å². The van der Waals surface area contributed by atoms with E-state index in [1.165, 1.54) is 18.8 Å². The van der Waals surface area contributed by atoms with Crippen molar-refractivity contribution in [1.82, 2.24) is 14.7 Å². The van der Waals surface area contributed by atoms with Crippen LogP contribution in [0.2, 0.25) is 0 Å². The number of nitro groups is 1. The zero-order chi connectivity index (χ0) is 13.2. The first-order chi connectivity index (χ1) is 9.22. The molecule has 3 aromatic rings. The van der Waals surface area contributed by atoms with Crippen LogP contribution in [-0.4, -0.2) is 19.6 Å². The Labute approximate surface area is 106 Å². The Morgan fingerprint density at radius 3 is 3.00 bits per heavy atom. The first kappa shape index (κ1) is 11.2. The normalized spacial score (nSPS) is 10.7. The van der Waals surface area contributed by atoms with Crippen molar-refractivity contribution >= 4 is 5.82 Å². The summed E-state index contributed by atoms with van der Waals surface area (Å²) in [4.78, 5) is 13.6. The molecule has 0 spiro atoms. The van der Waals surface area contributed by atoms with Gasteiger partial charge in [-0.25, -0.2) is 0 Å². The molecule has 0 unspecified atom stereocenters. The molecule has 0 saturated heterocycles. The third kappa shape index (κ3) is 2.23. The fourth-order valence-corrected chi connectivity index (χ4v) is 1.64. The van der Waals surface area contributed by atoms with E-state index in [1.807, 2.05) is 0 Å². The van der Waals surface area contributed by atoms with E-state index in [0.717, 1.165) is 0 Å². The fraction of sp³-hybridized carbons (Fsp3) is 0.0909. The molecule has 3 rings (SSSR count). The van der Waals surface area contributed by atoms with E-state index < -0.39 is 4.92 Å². The maximum absolute atomic E-state index is 10.5. The molecule has 96 valence electrons. The molecule has 0 amide bonds. The number of rotatable bonds is 4. The second-order valence-electron chi connectivity index (χ2n) is 3.82. The second kappa shape index (κ2) is 4.41. The molecule has 0 N–H and O–H groups in total. The summed E-state index contributed by atoms with van der Waals surface area (Å²) >= 11 is 0. The highest BCUT2D eigenvalue weighted by molar-refractivity contribution is 5.49. The Morgan fingerprint density at radius 1 is 1.42 bits per heavy atom. The summed E-state index contributed by atoms with van der Waals surface area (Å²) in [6, 6.07) is 5.22. The van der Waals surface area contributed by atoms with Crippen LogP contribution in [0.25, 0.3) is 11.5 Å². The van der Waals surface area contributed by atoms with Crippen molar-refractivity contribution in [2.75, 3.05) is 0 Å². The van der Waals surface area contributed by atoms with E-state index in [4.69, 9.17) is 8.94 Å². The molecule has 8 nitrogen and oxygen atoms in total. The molecule has 0 fully saturated rings. The van der Waals surface area contributed by atoms with Gasteiger partial charge in [-0.2, -0.15) is 0 Å². The molecule has 0 aromatic carbocycles. The highest BCUT2D eigenvalue weighted by Gasteiger charge is 2.13. The van der Waals surface area contributed by atoms with Crippen LogP contribution in [0.5, 0.6) is 0 Å². The zero-order valence-electron chi connectivity index (χ0n) is 9.59. The van der Waals surface area contributed by atoms with Gasteiger partial charge in [0.05, 0.1) is 12.8 Å². The summed E-state index contributed by atoms with van der Waals surface area (Å²) in [7, 11) is 0. The molecule has 0 aliphatic rings. The number of hydrogen-bond acceptors (Lipinski definition) is 6. The summed E-state index contributed by atoms with van der Waals surface area (Å²) in [5.41, 5.74) is 0.624. The Morgan fingerprint density at radius 2 is 2.32 bits per heavy atom. The highest BCUT2D eigenvalue weighted by atomic mass is 16.6. The molecule has 0 atom stereocenters. The number of aromatic nitrogens is 3. The van der Waals surface area contributed by atoms with Crippen LogP contribution in [0.15, 0.2) is 45.9 Å². The lowest BCUT2D eigenvalue weighted by Gasteiger charge is -1.92. The smallest absolute Gasteiger partial charge is 0.381 e. The minimum absolute atomic E-state index is 0.199. The van der Waals surface area contributed by atoms with Gasteiger partial charge in [0.15, 0.2) is 5.76 Å². The van der Waals surface area contributed by atoms with Crippen molar-refractivity contribution in [2.24, 2.45) is 0 Å². The van der Waals surface area contributed by atoms with Crippen LogP contribution in [0, 0.1) is 10.1 Å². The Kier molecular flexibility index (Phi) is 2.60. The third-order valence-corrected chi connectivity index (χ3v) is 2.47.